The number of nitrogens with one attached hydrogen (secondary N) is 1. The summed E-state index contributed by atoms with van der Waals surface area (Å²) in [7, 11) is 0. The number of rotatable bonds is 1. The van der Waals surface area contributed by atoms with Gasteiger partial charge in [0.15, 0.2) is 0 Å². The Kier molecular flexibility index (Phi) is 2.67. The van der Waals surface area contributed by atoms with Gasteiger partial charge in [0.2, 0.25) is 0 Å². The monoisotopic (exact) mass is 241 g/mol. The van der Waals surface area contributed by atoms with Gasteiger partial charge < -0.3 is 10.4 Å². The largest absolute Gasteiger partial charge is 0.391 e. The lowest BCUT2D eigenvalue weighted by Gasteiger charge is -2.14. The lowest BCUT2D eigenvalue weighted by atomic mass is 10.0. The highest BCUT2D eigenvalue weighted by molar-refractivity contribution is 9.10. The van der Waals surface area contributed by atoms with Gasteiger partial charge in [0.05, 0.1) is 12.1 Å². The van der Waals surface area contributed by atoms with Gasteiger partial charge in [-0.05, 0) is 30.7 Å². The molecule has 2 atom stereocenters. The minimum atomic E-state index is -0.235. The van der Waals surface area contributed by atoms with Gasteiger partial charge in [0.1, 0.15) is 0 Å². The van der Waals surface area contributed by atoms with E-state index in [4.69, 9.17) is 0 Å². The van der Waals surface area contributed by atoms with Crippen molar-refractivity contribution in [2.45, 2.75) is 18.6 Å². The summed E-state index contributed by atoms with van der Waals surface area (Å²) in [5.41, 5.74) is 1.16. The molecule has 0 aromatic heterocycles. The Bertz CT molecular complexity index is 285. The van der Waals surface area contributed by atoms with Crippen LogP contribution in [0.2, 0.25) is 0 Å². The van der Waals surface area contributed by atoms with Gasteiger partial charge in [-0.25, -0.2) is 0 Å². The van der Waals surface area contributed by atoms with Gasteiger partial charge in [0.25, 0.3) is 0 Å². The third-order valence-corrected chi connectivity index (χ3v) is 2.95. The maximum atomic E-state index is 9.64. The van der Waals surface area contributed by atoms with E-state index in [1.54, 1.807) is 0 Å². The summed E-state index contributed by atoms with van der Waals surface area (Å²) in [5, 5.41) is 12.9. The van der Waals surface area contributed by atoms with Crippen molar-refractivity contribution < 1.29 is 5.11 Å². The molecule has 2 rings (SSSR count). The van der Waals surface area contributed by atoms with Crippen LogP contribution in [0.25, 0.3) is 0 Å². The number of benzene rings is 1. The summed E-state index contributed by atoms with van der Waals surface area (Å²) in [6.45, 7) is 0.905. The van der Waals surface area contributed by atoms with Crippen molar-refractivity contribution >= 4 is 15.9 Å². The first-order chi connectivity index (χ1) is 6.27. The zero-order valence-corrected chi connectivity index (χ0v) is 8.79. The molecule has 1 aliphatic heterocycles. The van der Waals surface area contributed by atoms with Crippen LogP contribution in [-0.2, 0) is 0 Å². The molecule has 0 amide bonds. The summed E-state index contributed by atoms with van der Waals surface area (Å²) < 4.78 is 1.07. The first kappa shape index (κ1) is 9.19. The molecule has 0 aliphatic carbocycles. The minimum absolute atomic E-state index is 0.119. The summed E-state index contributed by atoms with van der Waals surface area (Å²) in [4.78, 5) is 0. The SMILES string of the molecule is OC1CCNC1c1ccc(Br)cc1. The summed E-state index contributed by atoms with van der Waals surface area (Å²) in [6.07, 6.45) is 0.613. The van der Waals surface area contributed by atoms with Gasteiger partial charge in [-0.15, -0.1) is 0 Å². The average Bonchev–Trinajstić information content (AvgIpc) is 2.53. The maximum Gasteiger partial charge on any atom is 0.0747 e. The molecule has 2 unspecified atom stereocenters. The molecule has 13 heavy (non-hydrogen) atoms. The normalized spacial score (nSPS) is 27.8. The van der Waals surface area contributed by atoms with E-state index in [2.05, 4.69) is 21.2 Å². The number of aliphatic hydroxyl groups excluding tert-OH is 1. The highest BCUT2D eigenvalue weighted by atomic mass is 79.9. The van der Waals surface area contributed by atoms with E-state index in [0.29, 0.717) is 0 Å². The molecule has 0 radical (unpaired) electrons. The smallest absolute Gasteiger partial charge is 0.0747 e. The van der Waals surface area contributed by atoms with Crippen LogP contribution in [0.3, 0.4) is 0 Å². The molecular formula is C10H12BrNO. The van der Waals surface area contributed by atoms with Crippen molar-refractivity contribution in [3.05, 3.63) is 34.3 Å². The second-order valence-corrected chi connectivity index (χ2v) is 4.26. The molecule has 2 N–H and O–H groups in total. The molecular weight excluding hydrogens is 230 g/mol. The summed E-state index contributed by atoms with van der Waals surface area (Å²) in [6, 6.07) is 8.20. The van der Waals surface area contributed by atoms with Crippen LogP contribution in [0.5, 0.6) is 0 Å². The first-order valence-corrected chi connectivity index (χ1v) is 5.23. The summed E-state index contributed by atoms with van der Waals surface area (Å²) in [5.74, 6) is 0. The molecule has 1 heterocycles. The standard InChI is InChI=1S/C10H12BrNO/c11-8-3-1-7(2-4-8)10-9(13)5-6-12-10/h1-4,9-10,12-13H,5-6H2. The summed E-state index contributed by atoms with van der Waals surface area (Å²) >= 11 is 3.39. The number of hydrogen-bond acceptors (Lipinski definition) is 2. The zero-order chi connectivity index (χ0) is 9.26. The van der Waals surface area contributed by atoms with Crippen molar-refractivity contribution in [2.75, 3.05) is 6.54 Å². The highest BCUT2D eigenvalue weighted by Gasteiger charge is 2.25. The fourth-order valence-corrected chi connectivity index (χ4v) is 1.96. The van der Waals surface area contributed by atoms with Gasteiger partial charge in [-0.2, -0.15) is 0 Å². The lowest BCUT2D eigenvalue weighted by molar-refractivity contribution is 0.160. The second kappa shape index (κ2) is 3.78. The van der Waals surface area contributed by atoms with Crippen molar-refractivity contribution in [1.82, 2.24) is 5.32 Å². The third-order valence-electron chi connectivity index (χ3n) is 2.42. The van der Waals surface area contributed by atoms with Gasteiger partial charge in [0, 0.05) is 4.47 Å². The van der Waals surface area contributed by atoms with E-state index in [-0.39, 0.29) is 12.1 Å². The Balaban J connectivity index is 2.20. The van der Waals surface area contributed by atoms with Crippen LogP contribution in [-0.4, -0.2) is 17.8 Å². The van der Waals surface area contributed by atoms with Crippen LogP contribution in [0.15, 0.2) is 28.7 Å². The first-order valence-electron chi connectivity index (χ1n) is 4.44. The average molecular weight is 242 g/mol. The molecule has 2 nitrogen and oxygen atoms in total. The molecule has 1 aliphatic rings. The second-order valence-electron chi connectivity index (χ2n) is 3.34. The van der Waals surface area contributed by atoms with Crippen molar-refractivity contribution in [3.63, 3.8) is 0 Å². The zero-order valence-electron chi connectivity index (χ0n) is 7.20. The van der Waals surface area contributed by atoms with Crippen LogP contribution >= 0.6 is 15.9 Å². The van der Waals surface area contributed by atoms with E-state index < -0.39 is 0 Å². The predicted octanol–water partition coefficient (Wildman–Crippen LogP) is 1.84. The fourth-order valence-electron chi connectivity index (χ4n) is 1.70. The molecule has 1 aromatic rings. The Labute approximate surface area is 86.1 Å². The Morgan fingerprint density at radius 2 is 2.00 bits per heavy atom. The van der Waals surface area contributed by atoms with Gasteiger partial charge in [-0.1, -0.05) is 28.1 Å². The van der Waals surface area contributed by atoms with Gasteiger partial charge >= 0.3 is 0 Å². The molecule has 3 heteroatoms. The Morgan fingerprint density at radius 3 is 2.54 bits per heavy atom. The molecule has 1 fully saturated rings. The van der Waals surface area contributed by atoms with E-state index in [9.17, 15) is 5.11 Å². The maximum absolute atomic E-state index is 9.64. The molecule has 0 saturated carbocycles. The topological polar surface area (TPSA) is 32.3 Å². The lowest BCUT2D eigenvalue weighted by Crippen LogP contribution is -2.20. The van der Waals surface area contributed by atoms with E-state index in [0.717, 1.165) is 23.0 Å². The van der Waals surface area contributed by atoms with Crippen LogP contribution in [0.4, 0.5) is 0 Å². The van der Waals surface area contributed by atoms with Gasteiger partial charge in [-0.3, -0.25) is 0 Å². The Morgan fingerprint density at radius 1 is 1.31 bits per heavy atom. The molecule has 0 bridgehead atoms. The van der Waals surface area contributed by atoms with Crippen molar-refractivity contribution in [1.29, 1.82) is 0 Å². The molecule has 70 valence electrons. The predicted molar refractivity (Wildman–Crippen MR) is 55.5 cm³/mol. The number of aliphatic hydroxyl groups is 1. The number of hydrogen-bond donors (Lipinski definition) is 2. The van der Waals surface area contributed by atoms with Crippen molar-refractivity contribution in [2.24, 2.45) is 0 Å². The van der Waals surface area contributed by atoms with E-state index in [1.165, 1.54) is 0 Å². The quantitative estimate of drug-likeness (QED) is 0.787. The van der Waals surface area contributed by atoms with Crippen LogP contribution in [0, 0.1) is 0 Å². The van der Waals surface area contributed by atoms with Crippen molar-refractivity contribution in [3.8, 4) is 0 Å². The van der Waals surface area contributed by atoms with E-state index >= 15 is 0 Å². The molecule has 0 spiro atoms. The minimum Gasteiger partial charge on any atom is -0.391 e. The number of halogens is 1. The van der Waals surface area contributed by atoms with Crippen LogP contribution in [0.1, 0.15) is 18.0 Å². The van der Waals surface area contributed by atoms with Crippen LogP contribution < -0.4 is 5.32 Å². The molecule has 1 saturated heterocycles. The fraction of sp³-hybridized carbons (Fsp3) is 0.400. The highest BCUT2D eigenvalue weighted by Crippen LogP contribution is 2.24. The molecule has 1 aromatic carbocycles. The van der Waals surface area contributed by atoms with E-state index in [1.807, 2.05) is 24.3 Å². The Hall–Kier alpha value is -0.380. The third kappa shape index (κ3) is 1.93.